The maximum atomic E-state index is 12.8. The summed E-state index contributed by atoms with van der Waals surface area (Å²) >= 11 is 5.12. The molecule has 0 atom stereocenters. The molecule has 0 bridgehead atoms. The minimum atomic E-state index is -0.445. The number of hydrogen-bond donors (Lipinski definition) is 1. The van der Waals surface area contributed by atoms with Gasteiger partial charge in [-0.3, -0.25) is 19.8 Å². The molecule has 2 fully saturated rings. The zero-order valence-electron chi connectivity index (χ0n) is 15.5. The topological polar surface area (TPSA) is 63.6 Å². The zero-order valence-corrected chi connectivity index (χ0v) is 16.3. The summed E-state index contributed by atoms with van der Waals surface area (Å²) in [7, 11) is 1.56. The Morgan fingerprint density at radius 2 is 2.00 bits per heavy atom. The van der Waals surface area contributed by atoms with Crippen LogP contribution in [0.1, 0.15) is 48.7 Å². The Hall–Kier alpha value is -1.99. The first-order valence-electron chi connectivity index (χ1n) is 9.00. The lowest BCUT2D eigenvalue weighted by Crippen LogP contribution is -2.54. The van der Waals surface area contributed by atoms with Gasteiger partial charge in [0, 0.05) is 24.5 Å². The van der Waals surface area contributed by atoms with Crippen molar-refractivity contribution in [3.05, 3.63) is 28.6 Å². The molecule has 1 aromatic rings. The number of ether oxygens (including phenoxy) is 1. The van der Waals surface area contributed by atoms with E-state index in [1.807, 2.05) is 6.07 Å². The van der Waals surface area contributed by atoms with Crippen LogP contribution in [0.3, 0.4) is 0 Å². The lowest BCUT2D eigenvalue weighted by Gasteiger charge is -2.28. The van der Waals surface area contributed by atoms with Crippen molar-refractivity contribution in [2.24, 2.45) is 0 Å². The van der Waals surface area contributed by atoms with E-state index in [0.717, 1.165) is 17.0 Å². The maximum Gasteiger partial charge on any atom is 0.265 e. The number of thiocarbonyl (C=S) groups is 1. The van der Waals surface area contributed by atoms with Crippen molar-refractivity contribution in [2.75, 3.05) is 20.3 Å². The predicted molar refractivity (Wildman–Crippen MR) is 104 cm³/mol. The van der Waals surface area contributed by atoms with Gasteiger partial charge in [-0.25, -0.2) is 0 Å². The monoisotopic (exact) mass is 375 g/mol. The average Bonchev–Trinajstić information content (AvgIpc) is 3.19. The van der Waals surface area contributed by atoms with Crippen molar-refractivity contribution in [3.8, 4) is 0 Å². The van der Waals surface area contributed by atoms with Crippen LogP contribution in [0.15, 0.2) is 11.6 Å². The van der Waals surface area contributed by atoms with E-state index in [9.17, 15) is 9.59 Å². The molecule has 1 aromatic heterocycles. The summed E-state index contributed by atoms with van der Waals surface area (Å²) in [6.45, 7) is 4.80. The average molecular weight is 375 g/mol. The van der Waals surface area contributed by atoms with E-state index in [-0.39, 0.29) is 16.6 Å². The lowest BCUT2D eigenvalue weighted by atomic mass is 10.1. The van der Waals surface area contributed by atoms with Gasteiger partial charge in [0.15, 0.2) is 5.11 Å². The van der Waals surface area contributed by atoms with Gasteiger partial charge in [-0.15, -0.1) is 0 Å². The first-order valence-corrected chi connectivity index (χ1v) is 9.41. The first-order chi connectivity index (χ1) is 12.4. The number of aromatic nitrogens is 1. The highest BCUT2D eigenvalue weighted by Gasteiger charge is 2.33. The molecule has 0 spiro atoms. The second kappa shape index (κ2) is 7.72. The van der Waals surface area contributed by atoms with Gasteiger partial charge in [0.05, 0.1) is 13.2 Å². The molecule has 3 rings (SSSR count). The number of carbonyl (C=O) groups is 2. The molecular formula is C19H25N3O3S. The Morgan fingerprint density at radius 1 is 1.31 bits per heavy atom. The molecule has 1 N–H and O–H groups in total. The van der Waals surface area contributed by atoms with E-state index in [0.29, 0.717) is 19.2 Å². The molecular weight excluding hydrogens is 350 g/mol. The molecule has 140 valence electrons. The van der Waals surface area contributed by atoms with Crippen molar-refractivity contribution in [2.45, 2.75) is 45.6 Å². The van der Waals surface area contributed by atoms with Gasteiger partial charge < -0.3 is 9.30 Å². The van der Waals surface area contributed by atoms with Gasteiger partial charge in [-0.1, -0.05) is 12.8 Å². The Bertz CT molecular complexity index is 775. The summed E-state index contributed by atoms with van der Waals surface area (Å²) in [5.41, 5.74) is 3.28. The Balaban J connectivity index is 1.93. The number of amides is 2. The molecule has 6 nitrogen and oxygen atoms in total. The quantitative estimate of drug-likeness (QED) is 0.488. The summed E-state index contributed by atoms with van der Waals surface area (Å²) in [5.74, 6) is -0.819. The standard InChI is InChI=1S/C19H25N3O3S/c1-12-10-14(13(2)22(12)15-6-4-5-7-15)11-16-17(23)20-19(26)21(18(16)24)8-9-25-3/h10-11,15H,4-9H2,1-3H3,(H,20,23,26). The third-order valence-corrected chi connectivity index (χ3v) is 5.54. The van der Waals surface area contributed by atoms with Gasteiger partial charge >= 0.3 is 0 Å². The van der Waals surface area contributed by atoms with Gasteiger partial charge in [0.1, 0.15) is 5.57 Å². The van der Waals surface area contributed by atoms with E-state index in [2.05, 4.69) is 23.7 Å². The van der Waals surface area contributed by atoms with Gasteiger partial charge in [0.2, 0.25) is 0 Å². The summed E-state index contributed by atoms with van der Waals surface area (Å²) in [5, 5.41) is 2.73. The molecule has 0 unspecified atom stereocenters. The van der Waals surface area contributed by atoms with Crippen LogP contribution in [0, 0.1) is 13.8 Å². The number of hydrogen-bond acceptors (Lipinski definition) is 4. The fourth-order valence-electron chi connectivity index (χ4n) is 3.91. The molecule has 1 saturated heterocycles. The van der Waals surface area contributed by atoms with Crippen LogP contribution < -0.4 is 5.32 Å². The van der Waals surface area contributed by atoms with E-state index in [4.69, 9.17) is 17.0 Å². The maximum absolute atomic E-state index is 12.8. The van der Waals surface area contributed by atoms with Gasteiger partial charge in [-0.2, -0.15) is 0 Å². The number of aryl methyl sites for hydroxylation is 1. The minimum absolute atomic E-state index is 0.112. The van der Waals surface area contributed by atoms with Crippen molar-refractivity contribution in [1.29, 1.82) is 0 Å². The molecule has 0 radical (unpaired) electrons. The minimum Gasteiger partial charge on any atom is -0.383 e. The smallest absolute Gasteiger partial charge is 0.265 e. The summed E-state index contributed by atoms with van der Waals surface area (Å²) in [6.07, 6.45) is 6.57. The zero-order chi connectivity index (χ0) is 18.8. The van der Waals surface area contributed by atoms with Crippen LogP contribution in [-0.2, 0) is 14.3 Å². The highest BCUT2D eigenvalue weighted by Crippen LogP contribution is 2.34. The van der Waals surface area contributed by atoms with Crippen LogP contribution in [0.2, 0.25) is 0 Å². The SMILES string of the molecule is COCCN1C(=O)C(=Cc2cc(C)n(C3CCCC3)c2C)C(=O)NC1=S. The first kappa shape index (κ1) is 18.8. The molecule has 2 aliphatic rings. The number of nitrogens with zero attached hydrogens (tertiary/aromatic N) is 2. The molecule has 2 heterocycles. The highest BCUT2D eigenvalue weighted by atomic mass is 32.1. The number of rotatable bonds is 5. The lowest BCUT2D eigenvalue weighted by molar-refractivity contribution is -0.129. The summed E-state index contributed by atoms with van der Waals surface area (Å²) in [4.78, 5) is 26.5. The number of methoxy groups -OCH3 is 1. The summed E-state index contributed by atoms with van der Waals surface area (Å²) < 4.78 is 7.37. The van der Waals surface area contributed by atoms with E-state index >= 15 is 0 Å². The third kappa shape index (κ3) is 3.46. The molecule has 7 heteroatoms. The molecule has 26 heavy (non-hydrogen) atoms. The van der Waals surface area contributed by atoms with Crippen molar-refractivity contribution < 1.29 is 14.3 Å². The van der Waals surface area contributed by atoms with Crippen LogP contribution in [0.25, 0.3) is 6.08 Å². The van der Waals surface area contributed by atoms with Crippen LogP contribution >= 0.6 is 12.2 Å². The van der Waals surface area contributed by atoms with Crippen molar-refractivity contribution >= 4 is 35.2 Å². The van der Waals surface area contributed by atoms with Crippen molar-refractivity contribution in [1.82, 2.24) is 14.8 Å². The Kier molecular flexibility index (Phi) is 5.58. The third-order valence-electron chi connectivity index (χ3n) is 5.22. The van der Waals surface area contributed by atoms with E-state index in [1.165, 1.54) is 30.6 Å². The van der Waals surface area contributed by atoms with Gasteiger partial charge in [-0.05, 0) is 56.6 Å². The fourth-order valence-corrected chi connectivity index (χ4v) is 4.18. The van der Waals surface area contributed by atoms with E-state index in [1.54, 1.807) is 13.2 Å². The molecule has 1 aliphatic heterocycles. The van der Waals surface area contributed by atoms with Crippen molar-refractivity contribution in [3.63, 3.8) is 0 Å². The number of nitrogens with one attached hydrogen (secondary N) is 1. The Morgan fingerprint density at radius 3 is 2.65 bits per heavy atom. The predicted octanol–water partition coefficient (Wildman–Crippen LogP) is 2.49. The summed E-state index contributed by atoms with van der Waals surface area (Å²) in [6, 6.07) is 2.57. The molecule has 0 aromatic carbocycles. The number of carbonyl (C=O) groups excluding carboxylic acids is 2. The second-order valence-corrected chi connectivity index (χ2v) is 7.29. The van der Waals surface area contributed by atoms with Crippen LogP contribution in [-0.4, -0.2) is 46.7 Å². The second-order valence-electron chi connectivity index (χ2n) is 6.90. The van der Waals surface area contributed by atoms with Crippen LogP contribution in [0.4, 0.5) is 0 Å². The normalized spacial score (nSPS) is 20.3. The molecule has 1 saturated carbocycles. The van der Waals surface area contributed by atoms with Gasteiger partial charge in [0.25, 0.3) is 11.8 Å². The largest absolute Gasteiger partial charge is 0.383 e. The molecule has 1 aliphatic carbocycles. The van der Waals surface area contributed by atoms with Crippen LogP contribution in [0.5, 0.6) is 0 Å². The Labute approximate surface area is 159 Å². The van der Waals surface area contributed by atoms with E-state index < -0.39 is 5.91 Å². The molecule has 2 amide bonds. The highest BCUT2D eigenvalue weighted by molar-refractivity contribution is 7.80. The fraction of sp³-hybridized carbons (Fsp3) is 0.526.